The van der Waals surface area contributed by atoms with Crippen molar-refractivity contribution < 1.29 is 9.53 Å². The number of imidazole rings is 1. The molecule has 0 unspecified atom stereocenters. The molecule has 1 amide bonds. The van der Waals surface area contributed by atoms with Crippen molar-refractivity contribution in [2.45, 2.75) is 6.61 Å². The fourth-order valence-electron chi connectivity index (χ4n) is 2.36. The van der Waals surface area contributed by atoms with Gasteiger partial charge in [0.25, 0.3) is 0 Å². The highest BCUT2D eigenvalue weighted by molar-refractivity contribution is 5.92. The molecule has 0 fully saturated rings. The largest absolute Gasteiger partial charge is 0.444 e. The fourth-order valence-corrected chi connectivity index (χ4v) is 2.36. The maximum absolute atomic E-state index is 11.2. The van der Waals surface area contributed by atoms with Crippen LogP contribution in [0.4, 0.5) is 10.5 Å². The summed E-state index contributed by atoms with van der Waals surface area (Å²) in [6.45, 7) is 0.288. The summed E-state index contributed by atoms with van der Waals surface area (Å²) in [6, 6.07) is 13.8. The van der Waals surface area contributed by atoms with Crippen LogP contribution in [0.15, 0.2) is 42.5 Å². The zero-order chi connectivity index (χ0) is 13.5. The molecule has 0 radical (unpaired) electrons. The van der Waals surface area contributed by atoms with Crippen molar-refractivity contribution in [3.63, 3.8) is 0 Å². The number of aromatic nitrogens is 2. The number of hydrogen-bond donors (Lipinski definition) is 2. The van der Waals surface area contributed by atoms with Gasteiger partial charge in [0.1, 0.15) is 12.4 Å². The molecule has 4 rings (SSSR count). The van der Waals surface area contributed by atoms with E-state index in [9.17, 15) is 4.79 Å². The van der Waals surface area contributed by atoms with Gasteiger partial charge in [-0.25, -0.2) is 9.78 Å². The number of amides is 1. The van der Waals surface area contributed by atoms with Crippen molar-refractivity contribution in [3.8, 4) is 11.4 Å². The molecule has 1 aromatic heterocycles. The van der Waals surface area contributed by atoms with E-state index in [2.05, 4.69) is 15.3 Å². The van der Waals surface area contributed by atoms with E-state index in [-0.39, 0.29) is 6.61 Å². The summed E-state index contributed by atoms with van der Waals surface area (Å²) in [5.41, 5.74) is 4.49. The molecular weight excluding hydrogens is 254 g/mol. The Morgan fingerprint density at radius 2 is 2.00 bits per heavy atom. The number of aromatic amines is 1. The Morgan fingerprint density at radius 3 is 2.85 bits per heavy atom. The first-order chi connectivity index (χ1) is 9.79. The molecule has 2 N–H and O–H groups in total. The van der Waals surface area contributed by atoms with Gasteiger partial charge < -0.3 is 9.72 Å². The topological polar surface area (TPSA) is 67.0 Å². The number of anilines is 1. The standard InChI is InChI=1S/C15H11N3O2/c19-15-18-11-7-13-12(6-10(11)8-20-15)16-14(17-13)9-4-2-1-3-5-9/h1-7H,8H2,(H,16,17)(H,18,19). The third-order valence-corrected chi connectivity index (χ3v) is 3.35. The van der Waals surface area contributed by atoms with Gasteiger partial charge in [-0.15, -0.1) is 0 Å². The van der Waals surface area contributed by atoms with E-state index in [1.807, 2.05) is 42.5 Å². The highest BCUT2D eigenvalue weighted by Gasteiger charge is 2.17. The van der Waals surface area contributed by atoms with Crippen molar-refractivity contribution in [1.29, 1.82) is 0 Å². The Labute approximate surface area is 114 Å². The molecule has 98 valence electrons. The van der Waals surface area contributed by atoms with Crippen LogP contribution < -0.4 is 5.32 Å². The van der Waals surface area contributed by atoms with Crippen LogP contribution in [0.2, 0.25) is 0 Å². The lowest BCUT2D eigenvalue weighted by molar-refractivity contribution is 0.151. The Morgan fingerprint density at radius 1 is 1.15 bits per heavy atom. The number of cyclic esters (lactones) is 1. The van der Waals surface area contributed by atoms with Crippen LogP contribution >= 0.6 is 0 Å². The normalized spacial score (nSPS) is 13.7. The molecule has 0 saturated heterocycles. The summed E-state index contributed by atoms with van der Waals surface area (Å²) in [5, 5.41) is 2.69. The van der Waals surface area contributed by atoms with Crippen LogP contribution in [0, 0.1) is 0 Å². The summed E-state index contributed by atoms with van der Waals surface area (Å²) in [6.07, 6.45) is -0.421. The highest BCUT2D eigenvalue weighted by atomic mass is 16.5. The molecular formula is C15H11N3O2. The van der Waals surface area contributed by atoms with Crippen molar-refractivity contribution >= 4 is 22.8 Å². The van der Waals surface area contributed by atoms with E-state index < -0.39 is 6.09 Å². The van der Waals surface area contributed by atoms with E-state index in [1.54, 1.807) is 0 Å². The van der Waals surface area contributed by atoms with Crippen molar-refractivity contribution in [1.82, 2.24) is 9.97 Å². The smallest absolute Gasteiger partial charge is 0.411 e. The van der Waals surface area contributed by atoms with Gasteiger partial charge in [0.05, 0.1) is 16.7 Å². The Balaban J connectivity index is 1.86. The van der Waals surface area contributed by atoms with Crippen LogP contribution in [-0.2, 0) is 11.3 Å². The number of benzene rings is 2. The number of carbonyl (C=O) groups is 1. The Kier molecular flexibility index (Phi) is 2.26. The zero-order valence-corrected chi connectivity index (χ0v) is 10.5. The molecule has 3 aromatic rings. The third-order valence-electron chi connectivity index (χ3n) is 3.35. The third kappa shape index (κ3) is 1.72. The van der Waals surface area contributed by atoms with Gasteiger partial charge in [0.2, 0.25) is 0 Å². The first kappa shape index (κ1) is 11.0. The van der Waals surface area contributed by atoms with Crippen molar-refractivity contribution in [2.24, 2.45) is 0 Å². The average molecular weight is 265 g/mol. The second-order valence-corrected chi connectivity index (χ2v) is 4.68. The van der Waals surface area contributed by atoms with Gasteiger partial charge in [-0.05, 0) is 12.1 Å². The Hall–Kier alpha value is -2.82. The van der Waals surface area contributed by atoms with E-state index in [4.69, 9.17) is 4.74 Å². The molecule has 1 aliphatic heterocycles. The fraction of sp³-hybridized carbons (Fsp3) is 0.0667. The van der Waals surface area contributed by atoms with Crippen LogP contribution in [0.1, 0.15) is 5.56 Å². The second-order valence-electron chi connectivity index (χ2n) is 4.68. The van der Waals surface area contributed by atoms with E-state index in [1.165, 1.54) is 0 Å². The van der Waals surface area contributed by atoms with E-state index in [0.717, 1.165) is 33.7 Å². The maximum atomic E-state index is 11.2. The predicted octanol–water partition coefficient (Wildman–Crippen LogP) is 3.29. The minimum atomic E-state index is -0.421. The Bertz CT molecular complexity index is 809. The van der Waals surface area contributed by atoms with E-state index in [0.29, 0.717) is 0 Å². The van der Waals surface area contributed by atoms with Crippen LogP contribution in [0.5, 0.6) is 0 Å². The van der Waals surface area contributed by atoms with Gasteiger partial charge in [0.15, 0.2) is 0 Å². The summed E-state index contributed by atoms with van der Waals surface area (Å²) in [5.74, 6) is 0.815. The van der Waals surface area contributed by atoms with Crippen LogP contribution in [-0.4, -0.2) is 16.1 Å². The summed E-state index contributed by atoms with van der Waals surface area (Å²) >= 11 is 0. The van der Waals surface area contributed by atoms with Crippen molar-refractivity contribution in [2.75, 3.05) is 5.32 Å². The molecule has 0 bridgehead atoms. The zero-order valence-electron chi connectivity index (χ0n) is 10.5. The van der Waals surface area contributed by atoms with Crippen LogP contribution in [0.3, 0.4) is 0 Å². The average Bonchev–Trinajstić information content (AvgIpc) is 2.88. The number of hydrogen-bond acceptors (Lipinski definition) is 3. The summed E-state index contributed by atoms with van der Waals surface area (Å²) in [7, 11) is 0. The number of nitrogens with one attached hydrogen (secondary N) is 2. The lowest BCUT2D eigenvalue weighted by atomic mass is 10.1. The van der Waals surface area contributed by atoms with Gasteiger partial charge in [-0.2, -0.15) is 0 Å². The number of ether oxygens (including phenoxy) is 1. The first-order valence-corrected chi connectivity index (χ1v) is 6.31. The van der Waals surface area contributed by atoms with Gasteiger partial charge in [-0.1, -0.05) is 30.3 Å². The first-order valence-electron chi connectivity index (χ1n) is 6.31. The molecule has 0 saturated carbocycles. The van der Waals surface area contributed by atoms with Gasteiger partial charge in [0, 0.05) is 11.1 Å². The molecule has 2 aromatic carbocycles. The monoisotopic (exact) mass is 265 g/mol. The quantitative estimate of drug-likeness (QED) is 0.709. The predicted molar refractivity (Wildman–Crippen MR) is 75.3 cm³/mol. The lowest BCUT2D eigenvalue weighted by Gasteiger charge is -2.16. The molecule has 5 nitrogen and oxygen atoms in total. The van der Waals surface area contributed by atoms with E-state index >= 15 is 0 Å². The molecule has 2 heterocycles. The summed E-state index contributed by atoms with van der Waals surface area (Å²) in [4.78, 5) is 19.1. The van der Waals surface area contributed by atoms with Crippen LogP contribution in [0.25, 0.3) is 22.4 Å². The van der Waals surface area contributed by atoms with Gasteiger partial charge >= 0.3 is 6.09 Å². The molecule has 0 atom stereocenters. The molecule has 0 spiro atoms. The number of nitrogens with zero attached hydrogens (tertiary/aromatic N) is 1. The molecule has 1 aliphatic rings. The molecule has 20 heavy (non-hydrogen) atoms. The minimum absolute atomic E-state index is 0.288. The number of fused-ring (bicyclic) bond motifs is 2. The van der Waals surface area contributed by atoms with Gasteiger partial charge in [-0.3, -0.25) is 5.32 Å². The number of rotatable bonds is 1. The lowest BCUT2D eigenvalue weighted by Crippen LogP contribution is -2.20. The number of H-pyrrole nitrogens is 1. The van der Waals surface area contributed by atoms with Crippen molar-refractivity contribution in [3.05, 3.63) is 48.0 Å². The number of carbonyl (C=O) groups excluding carboxylic acids is 1. The highest BCUT2D eigenvalue weighted by Crippen LogP contribution is 2.28. The molecule has 0 aliphatic carbocycles. The molecule has 5 heteroatoms. The second kappa shape index (κ2) is 4.09. The maximum Gasteiger partial charge on any atom is 0.411 e. The summed E-state index contributed by atoms with van der Waals surface area (Å²) < 4.78 is 4.96. The SMILES string of the molecule is O=C1Nc2cc3nc(-c4ccccc4)[nH]c3cc2CO1. The minimum Gasteiger partial charge on any atom is -0.444 e.